The number of aromatic nitrogens is 2. The Balaban J connectivity index is 1.66. The lowest BCUT2D eigenvalue weighted by molar-refractivity contribution is -0.127. The zero-order valence-electron chi connectivity index (χ0n) is 16.6. The average Bonchev–Trinajstić information content (AvgIpc) is 3.04. The molecule has 10 heteroatoms. The van der Waals surface area contributed by atoms with Crippen LogP contribution in [0, 0.1) is 10.5 Å². The third kappa shape index (κ3) is 4.81. The maximum atomic E-state index is 12.6. The first-order chi connectivity index (χ1) is 13.7. The van der Waals surface area contributed by atoms with Crippen molar-refractivity contribution in [2.45, 2.75) is 26.4 Å². The predicted molar refractivity (Wildman–Crippen MR) is 119 cm³/mol. The summed E-state index contributed by atoms with van der Waals surface area (Å²) < 4.78 is 28.1. The number of nitrogens with one attached hydrogen (secondary N) is 1. The highest BCUT2D eigenvalue weighted by atomic mass is 127. The summed E-state index contributed by atoms with van der Waals surface area (Å²) in [6, 6.07) is 8.11. The van der Waals surface area contributed by atoms with Gasteiger partial charge in [-0.2, -0.15) is 12.7 Å². The highest BCUT2D eigenvalue weighted by molar-refractivity contribution is 14.1. The Labute approximate surface area is 184 Å². The second kappa shape index (κ2) is 8.84. The van der Waals surface area contributed by atoms with Crippen LogP contribution in [0.2, 0.25) is 0 Å². The first-order valence-electron chi connectivity index (χ1n) is 9.12. The van der Waals surface area contributed by atoms with Crippen molar-refractivity contribution < 1.29 is 13.2 Å². The average molecular weight is 529 g/mol. The number of hydrogen-bond donors (Lipinski definition) is 1. The maximum Gasteiger partial charge on any atom is 0.308 e. The molecular weight excluding hydrogens is 505 g/mol. The van der Waals surface area contributed by atoms with Gasteiger partial charge in [0.15, 0.2) is 0 Å². The molecule has 0 atom stereocenters. The number of carbonyl (C=O) groups is 1. The molecule has 1 N–H and O–H groups in total. The van der Waals surface area contributed by atoms with Gasteiger partial charge in [-0.25, -0.2) is 8.96 Å². The lowest BCUT2D eigenvalue weighted by Crippen LogP contribution is -2.36. The fourth-order valence-corrected chi connectivity index (χ4v) is 4.55. The van der Waals surface area contributed by atoms with E-state index in [1.165, 1.54) is 29.6 Å². The topological polar surface area (TPSA) is 87.5 Å². The van der Waals surface area contributed by atoms with Crippen molar-refractivity contribution >= 4 is 38.7 Å². The van der Waals surface area contributed by atoms with E-state index in [0.717, 1.165) is 14.0 Å². The minimum atomic E-state index is -3.63. The van der Waals surface area contributed by atoms with Gasteiger partial charge in [-0.1, -0.05) is 18.2 Å². The van der Waals surface area contributed by atoms with Crippen molar-refractivity contribution in [2.24, 2.45) is 0 Å². The zero-order valence-corrected chi connectivity index (χ0v) is 19.6. The number of halogens is 1. The van der Waals surface area contributed by atoms with Crippen molar-refractivity contribution in [1.82, 2.24) is 23.5 Å². The van der Waals surface area contributed by atoms with Crippen LogP contribution in [0.1, 0.15) is 23.4 Å². The number of amides is 1. The van der Waals surface area contributed by atoms with Gasteiger partial charge in [0.25, 0.3) is 0 Å². The Morgan fingerprint density at radius 1 is 1.28 bits per heavy atom. The lowest BCUT2D eigenvalue weighted by atomic mass is 10.1. The van der Waals surface area contributed by atoms with E-state index in [2.05, 4.69) is 45.0 Å². The van der Waals surface area contributed by atoms with Gasteiger partial charge in [0.05, 0.1) is 17.9 Å². The van der Waals surface area contributed by atoms with E-state index in [1.54, 1.807) is 17.9 Å². The molecule has 1 aromatic heterocycles. The Bertz CT molecular complexity index is 1050. The molecule has 0 bridgehead atoms. The van der Waals surface area contributed by atoms with Crippen molar-refractivity contribution in [3.63, 3.8) is 0 Å². The van der Waals surface area contributed by atoms with E-state index in [-0.39, 0.29) is 12.5 Å². The molecule has 1 aromatic carbocycles. The van der Waals surface area contributed by atoms with Gasteiger partial charge in [0, 0.05) is 48.9 Å². The quantitative estimate of drug-likeness (QED) is 0.554. The molecule has 1 aliphatic heterocycles. The fraction of sp³-hybridized carbons (Fsp3) is 0.368. The van der Waals surface area contributed by atoms with E-state index < -0.39 is 10.2 Å². The molecule has 0 unspecified atom stereocenters. The second-order valence-electron chi connectivity index (χ2n) is 6.99. The number of hydrogen-bond acceptors (Lipinski definition) is 5. The largest absolute Gasteiger partial charge is 0.384 e. The smallest absolute Gasteiger partial charge is 0.308 e. The molecule has 29 heavy (non-hydrogen) atoms. The molecule has 0 saturated carbocycles. The first kappa shape index (κ1) is 21.8. The van der Waals surface area contributed by atoms with Gasteiger partial charge in [0.1, 0.15) is 6.33 Å². The minimum Gasteiger partial charge on any atom is -0.384 e. The van der Waals surface area contributed by atoms with E-state index in [0.29, 0.717) is 30.9 Å². The highest BCUT2D eigenvalue weighted by Crippen LogP contribution is 2.18. The van der Waals surface area contributed by atoms with Crippen LogP contribution in [0.25, 0.3) is 0 Å². The molecule has 0 aliphatic carbocycles. The third-order valence-corrected chi connectivity index (χ3v) is 7.68. The molecule has 0 spiro atoms. The van der Waals surface area contributed by atoms with Crippen molar-refractivity contribution in [2.75, 3.05) is 20.6 Å². The summed E-state index contributed by atoms with van der Waals surface area (Å²) in [4.78, 5) is 18.5. The predicted octanol–water partition coefficient (Wildman–Crippen LogP) is 1.86. The third-order valence-electron chi connectivity index (χ3n) is 4.84. The Hall–Kier alpha value is -1.92. The van der Waals surface area contributed by atoms with Crippen molar-refractivity contribution in [3.05, 3.63) is 62.9 Å². The van der Waals surface area contributed by atoms with Gasteiger partial charge in [-0.3, -0.25) is 4.79 Å². The van der Waals surface area contributed by atoms with Gasteiger partial charge in [-0.05, 0) is 41.1 Å². The summed E-state index contributed by atoms with van der Waals surface area (Å²) in [6.07, 6.45) is 3.62. The molecule has 8 nitrogen and oxygen atoms in total. The van der Waals surface area contributed by atoms with Crippen LogP contribution in [0.15, 0.2) is 42.4 Å². The summed E-state index contributed by atoms with van der Waals surface area (Å²) >= 11 is 2.30. The van der Waals surface area contributed by atoms with Gasteiger partial charge in [0.2, 0.25) is 5.91 Å². The monoisotopic (exact) mass is 529 g/mol. The SMILES string of the molecule is Cc1c(CN2CCC(NCc3ccccc3I)=CC2=O)ncn1S(=O)(=O)N(C)C. The number of carbonyl (C=O) groups excluding carboxylic acids is 1. The van der Waals surface area contributed by atoms with Crippen LogP contribution in [0.5, 0.6) is 0 Å². The Morgan fingerprint density at radius 3 is 2.66 bits per heavy atom. The number of nitrogens with zero attached hydrogens (tertiary/aromatic N) is 4. The first-order valence-corrected chi connectivity index (χ1v) is 11.6. The van der Waals surface area contributed by atoms with Crippen molar-refractivity contribution in [3.8, 4) is 0 Å². The summed E-state index contributed by atoms with van der Waals surface area (Å²) in [5.41, 5.74) is 3.18. The highest BCUT2D eigenvalue weighted by Gasteiger charge is 2.24. The van der Waals surface area contributed by atoms with Crippen LogP contribution in [0.3, 0.4) is 0 Å². The standard InChI is InChI=1S/C19H24IN5O3S/c1-14-18(22-13-25(14)29(27,28)23(2)3)12-24-9-8-16(10-19(24)26)21-11-15-6-4-5-7-17(15)20/h4-7,10,13,21H,8-9,11-12H2,1-3H3. The van der Waals surface area contributed by atoms with E-state index >= 15 is 0 Å². The molecule has 3 rings (SSSR count). The Morgan fingerprint density at radius 2 is 2.00 bits per heavy atom. The molecule has 2 heterocycles. The number of benzene rings is 1. The summed E-state index contributed by atoms with van der Waals surface area (Å²) in [7, 11) is -0.684. The lowest BCUT2D eigenvalue weighted by Gasteiger charge is -2.26. The minimum absolute atomic E-state index is 0.106. The van der Waals surface area contributed by atoms with Gasteiger partial charge in [-0.15, -0.1) is 0 Å². The normalized spacial score (nSPS) is 15.0. The van der Waals surface area contributed by atoms with Gasteiger partial charge >= 0.3 is 10.2 Å². The molecule has 0 fully saturated rings. The van der Waals surface area contributed by atoms with Crippen LogP contribution in [-0.2, 0) is 28.1 Å². The molecule has 0 saturated heterocycles. The summed E-state index contributed by atoms with van der Waals surface area (Å²) in [5, 5.41) is 3.35. The second-order valence-corrected chi connectivity index (χ2v) is 10.2. The molecule has 0 radical (unpaired) electrons. The van der Waals surface area contributed by atoms with Crippen LogP contribution in [-0.4, -0.2) is 53.1 Å². The summed E-state index contributed by atoms with van der Waals surface area (Å²) in [5.74, 6) is -0.106. The molecule has 1 amide bonds. The van der Waals surface area contributed by atoms with E-state index in [4.69, 9.17) is 0 Å². The summed E-state index contributed by atoms with van der Waals surface area (Å²) in [6.45, 7) is 3.20. The number of rotatable bonds is 7. The molecule has 2 aromatic rings. The van der Waals surface area contributed by atoms with Crippen molar-refractivity contribution in [1.29, 1.82) is 0 Å². The Kier molecular flexibility index (Phi) is 6.64. The molecular formula is C19H24IN5O3S. The van der Waals surface area contributed by atoms with Crippen LogP contribution in [0.4, 0.5) is 0 Å². The zero-order chi connectivity index (χ0) is 21.2. The molecule has 1 aliphatic rings. The molecule has 156 valence electrons. The van der Waals surface area contributed by atoms with E-state index in [9.17, 15) is 13.2 Å². The fourth-order valence-electron chi connectivity index (χ4n) is 3.00. The number of imidazole rings is 1. The maximum absolute atomic E-state index is 12.6. The van der Waals surface area contributed by atoms with E-state index in [1.807, 2.05) is 12.1 Å². The van der Waals surface area contributed by atoms with Crippen LogP contribution < -0.4 is 5.32 Å². The van der Waals surface area contributed by atoms with Crippen LogP contribution >= 0.6 is 22.6 Å². The van der Waals surface area contributed by atoms with Gasteiger partial charge < -0.3 is 10.2 Å².